The number of benzene rings is 1. The molecule has 2 fully saturated rings. The Hall–Kier alpha value is -3.43. The van der Waals surface area contributed by atoms with E-state index in [2.05, 4.69) is 9.97 Å². The van der Waals surface area contributed by atoms with Crippen LogP contribution in [-0.2, 0) is 6.18 Å². The molecule has 35 heavy (non-hydrogen) atoms. The number of amides is 1. The first kappa shape index (κ1) is 23.3. The van der Waals surface area contributed by atoms with E-state index in [-0.39, 0.29) is 47.8 Å². The molecule has 2 aliphatic rings. The van der Waals surface area contributed by atoms with E-state index in [0.29, 0.717) is 18.4 Å². The third-order valence-electron chi connectivity index (χ3n) is 6.79. The van der Waals surface area contributed by atoms with Crippen LogP contribution in [-0.4, -0.2) is 52.2 Å². The third-order valence-corrected chi connectivity index (χ3v) is 6.79. The lowest BCUT2D eigenvalue weighted by molar-refractivity contribution is -0.137. The van der Waals surface area contributed by atoms with Gasteiger partial charge in [-0.25, -0.2) is 14.4 Å². The molecule has 4 atom stereocenters. The molecule has 2 bridgehead atoms. The minimum absolute atomic E-state index is 0.0724. The second kappa shape index (κ2) is 8.98. The van der Waals surface area contributed by atoms with Gasteiger partial charge in [-0.2, -0.15) is 13.2 Å². The first-order valence-corrected chi connectivity index (χ1v) is 11.4. The molecule has 0 radical (unpaired) electrons. The van der Waals surface area contributed by atoms with Crippen molar-refractivity contribution in [2.45, 2.75) is 44.1 Å². The zero-order valence-corrected chi connectivity index (χ0v) is 18.8. The molecule has 1 aliphatic heterocycles. The highest BCUT2D eigenvalue weighted by Crippen LogP contribution is 2.45. The summed E-state index contributed by atoms with van der Waals surface area (Å²) < 4.78 is 62.8. The number of likely N-dealkylation sites (tertiary alicyclic amines) is 1. The van der Waals surface area contributed by atoms with E-state index in [1.165, 1.54) is 6.07 Å². The van der Waals surface area contributed by atoms with Crippen LogP contribution in [0, 0.1) is 5.92 Å². The highest BCUT2D eigenvalue weighted by atomic mass is 19.4. The summed E-state index contributed by atoms with van der Waals surface area (Å²) in [6.45, 7) is 1.02. The number of carbonyl (C=O) groups excluding carboxylic acids is 1. The SMILES string of the molecule is CC1C2CC(Oc3ccc(C(F)(F)F)cn3)C(C2)N1C(=O)c1cc2ccccc2nc1OCCF. The number of para-hydroxylation sites is 1. The fourth-order valence-electron chi connectivity index (χ4n) is 5.10. The summed E-state index contributed by atoms with van der Waals surface area (Å²) in [7, 11) is 0. The fourth-order valence-corrected chi connectivity index (χ4v) is 5.10. The maximum atomic E-state index is 13.7. The van der Waals surface area contributed by atoms with E-state index in [1.54, 1.807) is 17.0 Å². The second-order valence-electron chi connectivity index (χ2n) is 8.86. The molecule has 0 spiro atoms. The Bertz CT molecular complexity index is 1230. The summed E-state index contributed by atoms with van der Waals surface area (Å²) in [6, 6.07) is 10.7. The Balaban J connectivity index is 1.41. The van der Waals surface area contributed by atoms with E-state index < -0.39 is 24.5 Å². The maximum Gasteiger partial charge on any atom is 0.417 e. The van der Waals surface area contributed by atoms with Gasteiger partial charge in [0.1, 0.15) is 24.9 Å². The zero-order valence-electron chi connectivity index (χ0n) is 18.8. The summed E-state index contributed by atoms with van der Waals surface area (Å²) in [5.74, 6) is 0.0240. The number of hydrogen-bond acceptors (Lipinski definition) is 5. The average Bonchev–Trinajstić information content (AvgIpc) is 3.39. The molecule has 0 N–H and O–H groups in total. The van der Waals surface area contributed by atoms with Gasteiger partial charge in [-0.15, -0.1) is 0 Å². The highest BCUT2D eigenvalue weighted by molar-refractivity contribution is 6.00. The van der Waals surface area contributed by atoms with Gasteiger partial charge in [-0.05, 0) is 43.9 Å². The van der Waals surface area contributed by atoms with Crippen molar-refractivity contribution >= 4 is 16.8 Å². The van der Waals surface area contributed by atoms with E-state index in [0.717, 1.165) is 17.6 Å². The Morgan fingerprint density at radius 2 is 1.97 bits per heavy atom. The Morgan fingerprint density at radius 3 is 2.66 bits per heavy atom. The molecule has 1 amide bonds. The predicted octanol–water partition coefficient (Wildman–Crippen LogP) is 5.07. The molecule has 184 valence electrons. The lowest BCUT2D eigenvalue weighted by Crippen LogP contribution is -2.51. The number of rotatable bonds is 6. The average molecular weight is 489 g/mol. The quantitative estimate of drug-likeness (QED) is 0.453. The highest BCUT2D eigenvalue weighted by Gasteiger charge is 2.53. The van der Waals surface area contributed by atoms with Gasteiger partial charge >= 0.3 is 6.18 Å². The van der Waals surface area contributed by atoms with E-state index in [9.17, 15) is 22.4 Å². The molecule has 3 heterocycles. The summed E-state index contributed by atoms with van der Waals surface area (Å²) in [5, 5.41) is 0.752. The minimum atomic E-state index is -4.48. The van der Waals surface area contributed by atoms with Gasteiger partial charge in [-0.3, -0.25) is 4.79 Å². The van der Waals surface area contributed by atoms with Crippen molar-refractivity contribution in [1.82, 2.24) is 14.9 Å². The number of hydrogen-bond donors (Lipinski definition) is 0. The minimum Gasteiger partial charge on any atom is -0.474 e. The van der Waals surface area contributed by atoms with Gasteiger partial charge in [0.05, 0.1) is 17.1 Å². The van der Waals surface area contributed by atoms with Crippen LogP contribution in [0.2, 0.25) is 0 Å². The van der Waals surface area contributed by atoms with Crippen molar-refractivity contribution < 1.29 is 31.8 Å². The fraction of sp³-hybridized carbons (Fsp3) is 0.400. The normalized spacial score (nSPS) is 23.6. The molecule has 10 heteroatoms. The van der Waals surface area contributed by atoms with Crippen molar-refractivity contribution in [1.29, 1.82) is 0 Å². The lowest BCUT2D eigenvalue weighted by Gasteiger charge is -2.37. The standard InChI is InChI=1S/C25H23F4N3O3/c1-14-16-11-20(21(12-16)35-22-7-6-17(13-30-22)25(27,28)29)32(14)24(33)18-10-15-4-2-3-5-19(15)31-23(18)34-9-8-26/h2-7,10,13-14,16,20-21H,8-9,11-12H2,1H3. The van der Waals surface area contributed by atoms with Crippen LogP contribution < -0.4 is 9.47 Å². The number of pyridine rings is 2. The van der Waals surface area contributed by atoms with Gasteiger partial charge in [0.25, 0.3) is 5.91 Å². The molecule has 1 aromatic carbocycles. The first-order chi connectivity index (χ1) is 16.8. The van der Waals surface area contributed by atoms with Crippen LogP contribution >= 0.6 is 0 Å². The molecule has 1 aliphatic carbocycles. The van der Waals surface area contributed by atoms with E-state index in [1.807, 2.05) is 25.1 Å². The number of alkyl halides is 4. The molecule has 5 rings (SSSR count). The molecule has 3 aromatic rings. The molecule has 6 nitrogen and oxygen atoms in total. The summed E-state index contributed by atoms with van der Waals surface area (Å²) in [6.07, 6.45) is -2.78. The van der Waals surface area contributed by atoms with Gasteiger partial charge in [0.2, 0.25) is 11.8 Å². The molecule has 1 saturated carbocycles. The molecule has 1 saturated heterocycles. The zero-order chi connectivity index (χ0) is 24.7. The van der Waals surface area contributed by atoms with Crippen LogP contribution in [0.25, 0.3) is 10.9 Å². The summed E-state index contributed by atoms with van der Waals surface area (Å²) in [5.41, 5.74) is 0.0132. The number of carbonyl (C=O) groups is 1. The number of nitrogens with zero attached hydrogens (tertiary/aromatic N) is 3. The molecule has 4 unspecified atom stereocenters. The van der Waals surface area contributed by atoms with Crippen LogP contribution in [0.5, 0.6) is 11.8 Å². The Labute approximate surface area is 198 Å². The lowest BCUT2D eigenvalue weighted by atomic mass is 9.98. The second-order valence-corrected chi connectivity index (χ2v) is 8.86. The van der Waals surface area contributed by atoms with Crippen molar-refractivity contribution in [2.24, 2.45) is 5.92 Å². The smallest absolute Gasteiger partial charge is 0.417 e. The number of piperidine rings is 1. The monoisotopic (exact) mass is 489 g/mol. The van der Waals surface area contributed by atoms with E-state index >= 15 is 0 Å². The third kappa shape index (κ3) is 4.37. The molecular formula is C25H23F4N3O3. The topological polar surface area (TPSA) is 64.5 Å². The summed E-state index contributed by atoms with van der Waals surface area (Å²) in [4.78, 5) is 23.7. The number of ether oxygens (including phenoxy) is 2. The largest absolute Gasteiger partial charge is 0.474 e. The van der Waals surface area contributed by atoms with Crippen molar-refractivity contribution in [3.05, 3.63) is 59.8 Å². The Morgan fingerprint density at radius 1 is 1.17 bits per heavy atom. The van der Waals surface area contributed by atoms with Gasteiger partial charge in [-0.1, -0.05) is 18.2 Å². The van der Waals surface area contributed by atoms with Crippen molar-refractivity contribution in [3.63, 3.8) is 0 Å². The first-order valence-electron chi connectivity index (χ1n) is 11.4. The number of aromatic nitrogens is 2. The van der Waals surface area contributed by atoms with E-state index in [4.69, 9.17) is 9.47 Å². The van der Waals surface area contributed by atoms with Crippen molar-refractivity contribution in [2.75, 3.05) is 13.3 Å². The van der Waals surface area contributed by atoms with Crippen molar-refractivity contribution in [3.8, 4) is 11.8 Å². The van der Waals surface area contributed by atoms with Gasteiger partial charge in [0, 0.05) is 23.7 Å². The maximum absolute atomic E-state index is 13.7. The van der Waals surface area contributed by atoms with Gasteiger partial charge < -0.3 is 14.4 Å². The number of fused-ring (bicyclic) bond motifs is 3. The van der Waals surface area contributed by atoms with Crippen LogP contribution in [0.1, 0.15) is 35.7 Å². The predicted molar refractivity (Wildman–Crippen MR) is 119 cm³/mol. The van der Waals surface area contributed by atoms with Crippen LogP contribution in [0.3, 0.4) is 0 Å². The van der Waals surface area contributed by atoms with Gasteiger partial charge in [0.15, 0.2) is 0 Å². The molecule has 2 aromatic heterocycles. The van der Waals surface area contributed by atoms with Crippen LogP contribution in [0.15, 0.2) is 48.7 Å². The molecular weight excluding hydrogens is 466 g/mol. The number of halogens is 4. The van der Waals surface area contributed by atoms with Crippen LogP contribution in [0.4, 0.5) is 17.6 Å². The summed E-state index contributed by atoms with van der Waals surface area (Å²) >= 11 is 0. The Kier molecular flexibility index (Phi) is 5.98.